The van der Waals surface area contributed by atoms with Crippen LogP contribution >= 0.6 is 0 Å². The summed E-state index contributed by atoms with van der Waals surface area (Å²) in [7, 11) is 1.40. The average Bonchev–Trinajstić information content (AvgIpc) is 2.29. The fourth-order valence-electron chi connectivity index (χ4n) is 1.75. The lowest BCUT2D eigenvalue weighted by Crippen LogP contribution is -2.13. The first-order valence-corrected chi connectivity index (χ1v) is 4.96. The van der Waals surface area contributed by atoms with E-state index in [0.29, 0.717) is 5.56 Å². The van der Waals surface area contributed by atoms with E-state index in [-0.39, 0.29) is 0 Å². The van der Waals surface area contributed by atoms with Gasteiger partial charge in [-0.05, 0) is 22.4 Å². The van der Waals surface area contributed by atoms with E-state index < -0.39 is 12.1 Å². The third-order valence-electron chi connectivity index (χ3n) is 2.54. The van der Waals surface area contributed by atoms with Crippen LogP contribution in [0.25, 0.3) is 10.8 Å². The smallest absolute Gasteiger partial charge is 0.337 e. The van der Waals surface area contributed by atoms with Crippen molar-refractivity contribution < 1.29 is 14.6 Å². The number of carboxylic acid groups (broad SMARTS) is 1. The van der Waals surface area contributed by atoms with Crippen LogP contribution in [-0.2, 0) is 9.53 Å². The summed E-state index contributed by atoms with van der Waals surface area (Å²) in [6, 6.07) is 13.3. The Kier molecular flexibility index (Phi) is 2.88. The van der Waals surface area contributed by atoms with E-state index in [2.05, 4.69) is 0 Å². The van der Waals surface area contributed by atoms with Crippen molar-refractivity contribution in [1.29, 1.82) is 0 Å². The van der Waals surface area contributed by atoms with Gasteiger partial charge in [-0.15, -0.1) is 0 Å². The molecule has 0 aromatic heterocycles. The van der Waals surface area contributed by atoms with Gasteiger partial charge in [0, 0.05) is 7.11 Å². The molecule has 3 nitrogen and oxygen atoms in total. The third kappa shape index (κ3) is 1.90. The molecule has 2 aromatic rings. The number of aliphatic carboxylic acids is 1. The van der Waals surface area contributed by atoms with E-state index in [4.69, 9.17) is 9.84 Å². The molecule has 2 aromatic carbocycles. The van der Waals surface area contributed by atoms with Crippen LogP contribution < -0.4 is 0 Å². The first kappa shape index (κ1) is 10.6. The van der Waals surface area contributed by atoms with Crippen LogP contribution in [0.3, 0.4) is 0 Å². The van der Waals surface area contributed by atoms with Gasteiger partial charge in [0.25, 0.3) is 0 Å². The Morgan fingerprint density at radius 3 is 2.50 bits per heavy atom. The molecule has 0 saturated carbocycles. The van der Waals surface area contributed by atoms with Crippen LogP contribution in [-0.4, -0.2) is 18.2 Å². The number of hydrogen-bond acceptors (Lipinski definition) is 2. The van der Waals surface area contributed by atoms with Crippen molar-refractivity contribution >= 4 is 16.7 Å². The van der Waals surface area contributed by atoms with Crippen molar-refractivity contribution in [2.24, 2.45) is 0 Å². The standard InChI is InChI=1S/C13H12O3/c1-16-12(13(14)15)11-7-6-9-4-2-3-5-10(9)8-11/h2-8,12H,1H3,(H,14,15). The van der Waals surface area contributed by atoms with E-state index in [1.165, 1.54) is 7.11 Å². The Labute approximate surface area is 93.3 Å². The first-order valence-electron chi connectivity index (χ1n) is 4.96. The Morgan fingerprint density at radius 1 is 1.19 bits per heavy atom. The normalized spacial score (nSPS) is 12.6. The molecule has 0 aliphatic carbocycles. The van der Waals surface area contributed by atoms with E-state index in [0.717, 1.165) is 10.8 Å². The maximum Gasteiger partial charge on any atom is 0.337 e. The van der Waals surface area contributed by atoms with Gasteiger partial charge in [0.15, 0.2) is 6.10 Å². The van der Waals surface area contributed by atoms with Crippen LogP contribution in [0, 0.1) is 0 Å². The third-order valence-corrected chi connectivity index (χ3v) is 2.54. The van der Waals surface area contributed by atoms with Crippen molar-refractivity contribution in [1.82, 2.24) is 0 Å². The zero-order valence-electron chi connectivity index (χ0n) is 8.88. The predicted octanol–water partition coefficient (Wildman–Crippen LogP) is 2.61. The number of carboxylic acids is 1. The minimum Gasteiger partial charge on any atom is -0.479 e. The number of hydrogen-bond donors (Lipinski definition) is 1. The average molecular weight is 216 g/mol. The fraction of sp³-hybridized carbons (Fsp3) is 0.154. The second kappa shape index (κ2) is 4.33. The van der Waals surface area contributed by atoms with Gasteiger partial charge in [0.1, 0.15) is 0 Å². The summed E-state index contributed by atoms with van der Waals surface area (Å²) in [5.74, 6) is -0.974. The summed E-state index contributed by atoms with van der Waals surface area (Å²) in [5, 5.41) is 11.1. The molecule has 0 heterocycles. The van der Waals surface area contributed by atoms with Gasteiger partial charge in [-0.1, -0.05) is 36.4 Å². The number of methoxy groups -OCH3 is 1. The summed E-state index contributed by atoms with van der Waals surface area (Å²) in [5.41, 5.74) is 0.661. The van der Waals surface area contributed by atoms with E-state index in [1.807, 2.05) is 36.4 Å². The summed E-state index contributed by atoms with van der Waals surface area (Å²) in [4.78, 5) is 10.9. The number of ether oxygens (including phenoxy) is 1. The second-order valence-corrected chi connectivity index (χ2v) is 3.56. The van der Waals surface area contributed by atoms with Gasteiger partial charge in [-0.3, -0.25) is 0 Å². The van der Waals surface area contributed by atoms with E-state index >= 15 is 0 Å². The molecule has 0 fully saturated rings. The highest BCUT2D eigenvalue weighted by Gasteiger charge is 2.18. The van der Waals surface area contributed by atoms with Crippen molar-refractivity contribution in [2.45, 2.75) is 6.10 Å². The van der Waals surface area contributed by atoms with Crippen molar-refractivity contribution in [3.63, 3.8) is 0 Å². The first-order chi connectivity index (χ1) is 7.72. The molecule has 0 spiro atoms. The zero-order valence-corrected chi connectivity index (χ0v) is 8.88. The van der Waals surface area contributed by atoms with Gasteiger partial charge >= 0.3 is 5.97 Å². The predicted molar refractivity (Wildman–Crippen MR) is 61.3 cm³/mol. The molecule has 0 amide bonds. The van der Waals surface area contributed by atoms with Crippen LogP contribution in [0.1, 0.15) is 11.7 Å². The molecular formula is C13H12O3. The minimum absolute atomic E-state index is 0.661. The second-order valence-electron chi connectivity index (χ2n) is 3.56. The van der Waals surface area contributed by atoms with Crippen LogP contribution in [0.15, 0.2) is 42.5 Å². The Morgan fingerprint density at radius 2 is 1.88 bits per heavy atom. The maximum absolute atomic E-state index is 10.9. The van der Waals surface area contributed by atoms with Gasteiger partial charge < -0.3 is 9.84 Å². The summed E-state index contributed by atoms with van der Waals surface area (Å²) < 4.78 is 4.95. The minimum atomic E-state index is -0.974. The Balaban J connectivity index is 2.49. The highest BCUT2D eigenvalue weighted by atomic mass is 16.5. The molecule has 0 aliphatic heterocycles. The van der Waals surface area contributed by atoms with Crippen LogP contribution in [0.5, 0.6) is 0 Å². The van der Waals surface area contributed by atoms with Crippen molar-refractivity contribution in [3.8, 4) is 0 Å². The lowest BCUT2D eigenvalue weighted by atomic mass is 10.0. The molecule has 1 N–H and O–H groups in total. The largest absolute Gasteiger partial charge is 0.479 e. The number of carbonyl (C=O) groups is 1. The molecule has 1 atom stereocenters. The molecule has 0 aliphatic rings. The number of rotatable bonds is 3. The molecule has 3 heteroatoms. The molecule has 16 heavy (non-hydrogen) atoms. The van der Waals surface area contributed by atoms with Crippen LogP contribution in [0.4, 0.5) is 0 Å². The molecule has 1 unspecified atom stereocenters. The monoisotopic (exact) mass is 216 g/mol. The quantitative estimate of drug-likeness (QED) is 0.857. The number of fused-ring (bicyclic) bond motifs is 1. The SMILES string of the molecule is COC(C(=O)O)c1ccc2ccccc2c1. The highest BCUT2D eigenvalue weighted by Crippen LogP contribution is 2.22. The lowest BCUT2D eigenvalue weighted by molar-refractivity contribution is -0.148. The van der Waals surface area contributed by atoms with Crippen molar-refractivity contribution in [2.75, 3.05) is 7.11 Å². The Bertz CT molecular complexity index is 519. The molecule has 2 rings (SSSR count). The molecular weight excluding hydrogens is 204 g/mol. The molecule has 0 saturated heterocycles. The Hall–Kier alpha value is -1.87. The van der Waals surface area contributed by atoms with Crippen molar-refractivity contribution in [3.05, 3.63) is 48.0 Å². The van der Waals surface area contributed by atoms with Gasteiger partial charge in [0.05, 0.1) is 0 Å². The molecule has 82 valence electrons. The van der Waals surface area contributed by atoms with E-state index in [9.17, 15) is 4.79 Å². The maximum atomic E-state index is 10.9. The fourth-order valence-corrected chi connectivity index (χ4v) is 1.75. The van der Waals surface area contributed by atoms with Gasteiger partial charge in [-0.2, -0.15) is 0 Å². The van der Waals surface area contributed by atoms with Gasteiger partial charge in [0.2, 0.25) is 0 Å². The molecule has 0 bridgehead atoms. The van der Waals surface area contributed by atoms with Crippen LogP contribution in [0.2, 0.25) is 0 Å². The number of benzene rings is 2. The molecule has 0 radical (unpaired) electrons. The van der Waals surface area contributed by atoms with E-state index in [1.54, 1.807) is 6.07 Å². The zero-order chi connectivity index (χ0) is 11.5. The lowest BCUT2D eigenvalue weighted by Gasteiger charge is -2.11. The highest BCUT2D eigenvalue weighted by molar-refractivity contribution is 5.85. The summed E-state index contributed by atoms with van der Waals surface area (Å²) >= 11 is 0. The van der Waals surface area contributed by atoms with Gasteiger partial charge in [-0.25, -0.2) is 4.79 Å². The topological polar surface area (TPSA) is 46.5 Å². The summed E-state index contributed by atoms with van der Waals surface area (Å²) in [6.45, 7) is 0. The summed E-state index contributed by atoms with van der Waals surface area (Å²) in [6.07, 6.45) is -0.899.